The van der Waals surface area contributed by atoms with Crippen LogP contribution < -0.4 is 0 Å². The van der Waals surface area contributed by atoms with Crippen molar-refractivity contribution < 1.29 is 32.3 Å². The fourth-order valence-corrected chi connectivity index (χ4v) is 3.62. The first-order valence-corrected chi connectivity index (χ1v) is 9.75. The third-order valence-electron chi connectivity index (χ3n) is 5.20. The van der Waals surface area contributed by atoms with Crippen molar-refractivity contribution in [3.05, 3.63) is 57.9 Å². The Morgan fingerprint density at radius 2 is 1.65 bits per heavy atom. The number of methoxy groups -OCH3 is 1. The summed E-state index contributed by atoms with van der Waals surface area (Å²) in [5.74, 6) is -1.48. The maximum Gasteiger partial charge on any atom is 0.416 e. The van der Waals surface area contributed by atoms with Crippen LogP contribution in [-0.4, -0.2) is 47.3 Å². The van der Waals surface area contributed by atoms with Crippen molar-refractivity contribution in [1.29, 1.82) is 0 Å². The maximum absolute atomic E-state index is 13.1. The molecule has 0 spiro atoms. The number of Topliss-reactive ketones (excluding diaryl/α,β-unsaturated/α-hetero) is 1. The average molecular weight is 438 g/mol. The van der Waals surface area contributed by atoms with Crippen LogP contribution in [0.25, 0.3) is 0 Å². The number of ether oxygens (including phenoxy) is 1. The molecule has 6 nitrogen and oxygen atoms in total. The van der Waals surface area contributed by atoms with E-state index in [1.54, 1.807) is 25.3 Å². The molecule has 31 heavy (non-hydrogen) atoms. The molecule has 0 bridgehead atoms. The second kappa shape index (κ2) is 9.36. The van der Waals surface area contributed by atoms with Gasteiger partial charge in [-0.25, -0.2) is 4.79 Å². The Balaban J connectivity index is 2.32. The van der Waals surface area contributed by atoms with Gasteiger partial charge in [0.25, 0.3) is 5.91 Å². The molecule has 0 radical (unpaired) electrons. The lowest BCUT2D eigenvalue weighted by Gasteiger charge is -2.21. The van der Waals surface area contributed by atoms with Crippen LogP contribution in [0.2, 0.25) is 0 Å². The van der Waals surface area contributed by atoms with Gasteiger partial charge in [0.05, 0.1) is 19.2 Å². The van der Waals surface area contributed by atoms with Crippen LogP contribution in [0.15, 0.2) is 24.3 Å². The van der Waals surface area contributed by atoms with E-state index in [-0.39, 0.29) is 30.1 Å². The van der Waals surface area contributed by atoms with Crippen LogP contribution in [0.5, 0.6) is 0 Å². The number of benzene rings is 1. The van der Waals surface area contributed by atoms with E-state index in [4.69, 9.17) is 4.74 Å². The predicted octanol–water partition coefficient (Wildman–Crippen LogP) is 4.28. The highest BCUT2D eigenvalue weighted by atomic mass is 19.4. The SMILES string of the molecule is CCN(CC(=O)c1c(C)c(C(=O)OC)n(CC)c1C)C(=O)c1ccc(C(F)(F)F)cc1. The molecule has 168 valence electrons. The number of halogens is 3. The minimum absolute atomic E-state index is 0.0532. The largest absolute Gasteiger partial charge is 0.464 e. The summed E-state index contributed by atoms with van der Waals surface area (Å²) in [7, 11) is 1.26. The second-order valence-corrected chi connectivity index (χ2v) is 6.99. The van der Waals surface area contributed by atoms with E-state index in [0.717, 1.165) is 24.3 Å². The molecule has 0 aliphatic rings. The summed E-state index contributed by atoms with van der Waals surface area (Å²) in [5.41, 5.74) is 0.865. The molecule has 0 unspecified atom stereocenters. The second-order valence-electron chi connectivity index (χ2n) is 6.99. The lowest BCUT2D eigenvalue weighted by molar-refractivity contribution is -0.137. The summed E-state index contributed by atoms with van der Waals surface area (Å²) in [5, 5.41) is 0. The van der Waals surface area contributed by atoms with Crippen molar-refractivity contribution in [2.24, 2.45) is 0 Å². The number of esters is 1. The summed E-state index contributed by atoms with van der Waals surface area (Å²) >= 11 is 0. The Morgan fingerprint density at radius 3 is 2.10 bits per heavy atom. The number of alkyl halides is 3. The highest BCUT2D eigenvalue weighted by Gasteiger charge is 2.31. The minimum Gasteiger partial charge on any atom is -0.464 e. The molecule has 1 amide bonds. The molecule has 0 N–H and O–H groups in total. The van der Waals surface area contributed by atoms with Crippen LogP contribution in [0, 0.1) is 13.8 Å². The van der Waals surface area contributed by atoms with Gasteiger partial charge in [-0.3, -0.25) is 9.59 Å². The topological polar surface area (TPSA) is 68.6 Å². The Labute approximate surface area is 178 Å². The van der Waals surface area contributed by atoms with Crippen molar-refractivity contribution >= 4 is 17.7 Å². The monoisotopic (exact) mass is 438 g/mol. The first kappa shape index (κ1) is 24.2. The van der Waals surface area contributed by atoms with Gasteiger partial charge >= 0.3 is 12.1 Å². The molecule has 0 saturated carbocycles. The number of amides is 1. The minimum atomic E-state index is -4.50. The zero-order chi connectivity index (χ0) is 23.5. The van der Waals surface area contributed by atoms with Gasteiger partial charge in [0.2, 0.25) is 0 Å². The third kappa shape index (κ3) is 4.81. The predicted molar refractivity (Wildman–Crippen MR) is 108 cm³/mol. The first-order chi connectivity index (χ1) is 14.5. The summed E-state index contributed by atoms with van der Waals surface area (Å²) in [6, 6.07) is 3.86. The lowest BCUT2D eigenvalue weighted by atomic mass is 10.0. The number of likely N-dealkylation sites (N-methyl/N-ethyl adjacent to an activating group) is 1. The Kier molecular flexibility index (Phi) is 7.30. The van der Waals surface area contributed by atoms with Crippen molar-refractivity contribution in [3.8, 4) is 0 Å². The summed E-state index contributed by atoms with van der Waals surface area (Å²) in [6.07, 6.45) is -4.50. The van der Waals surface area contributed by atoms with Crippen LogP contribution in [-0.2, 0) is 17.5 Å². The van der Waals surface area contributed by atoms with E-state index in [9.17, 15) is 27.6 Å². The molecule has 0 fully saturated rings. The number of aromatic nitrogens is 1. The van der Waals surface area contributed by atoms with Gasteiger partial charge in [-0.15, -0.1) is 0 Å². The number of carbonyl (C=O) groups excluding carboxylic acids is 3. The van der Waals surface area contributed by atoms with E-state index in [0.29, 0.717) is 23.4 Å². The highest BCUT2D eigenvalue weighted by molar-refractivity contribution is 6.06. The number of nitrogens with zero attached hydrogens (tertiary/aromatic N) is 2. The van der Waals surface area contributed by atoms with Gasteiger partial charge in [0, 0.05) is 29.9 Å². The normalized spacial score (nSPS) is 11.4. The van der Waals surface area contributed by atoms with Crippen LogP contribution in [0.4, 0.5) is 13.2 Å². The van der Waals surface area contributed by atoms with Gasteiger partial charge in [0.15, 0.2) is 5.78 Å². The Bertz CT molecular complexity index is 992. The molecule has 1 heterocycles. The van der Waals surface area contributed by atoms with E-state index < -0.39 is 23.6 Å². The summed E-state index contributed by atoms with van der Waals surface area (Å²) in [4.78, 5) is 39.3. The van der Waals surface area contributed by atoms with Crippen LogP contribution >= 0.6 is 0 Å². The van der Waals surface area contributed by atoms with Gasteiger partial charge in [0.1, 0.15) is 5.69 Å². The molecular weight excluding hydrogens is 413 g/mol. The Morgan fingerprint density at radius 1 is 1.06 bits per heavy atom. The van der Waals surface area contributed by atoms with E-state index in [1.807, 2.05) is 6.92 Å². The number of carbonyl (C=O) groups is 3. The van der Waals surface area contributed by atoms with Crippen LogP contribution in [0.3, 0.4) is 0 Å². The van der Waals surface area contributed by atoms with Crippen molar-refractivity contribution in [3.63, 3.8) is 0 Å². The molecule has 2 aromatic rings. The van der Waals surface area contributed by atoms with Gasteiger partial charge in [-0.05, 0) is 57.5 Å². The van der Waals surface area contributed by atoms with E-state index >= 15 is 0 Å². The van der Waals surface area contributed by atoms with Gasteiger partial charge in [-0.1, -0.05) is 0 Å². The molecule has 1 aromatic heterocycles. The first-order valence-electron chi connectivity index (χ1n) is 9.75. The number of ketones is 1. The quantitative estimate of drug-likeness (QED) is 0.478. The van der Waals surface area contributed by atoms with Crippen molar-refractivity contribution in [2.45, 2.75) is 40.4 Å². The smallest absolute Gasteiger partial charge is 0.416 e. The average Bonchev–Trinajstić information content (AvgIpc) is 2.99. The maximum atomic E-state index is 13.1. The molecule has 0 aliphatic heterocycles. The zero-order valence-corrected chi connectivity index (χ0v) is 18.1. The Hall–Kier alpha value is -3.10. The third-order valence-corrected chi connectivity index (χ3v) is 5.20. The highest BCUT2D eigenvalue weighted by Crippen LogP contribution is 2.29. The molecular formula is C22H25F3N2O4. The molecule has 9 heteroatoms. The molecule has 0 atom stereocenters. The fourth-order valence-electron chi connectivity index (χ4n) is 3.62. The number of hydrogen-bond acceptors (Lipinski definition) is 4. The molecule has 1 aromatic carbocycles. The van der Waals surface area contributed by atoms with Crippen molar-refractivity contribution in [1.82, 2.24) is 9.47 Å². The summed E-state index contributed by atoms with van der Waals surface area (Å²) < 4.78 is 44.8. The van der Waals surface area contributed by atoms with Gasteiger partial charge in [-0.2, -0.15) is 13.2 Å². The van der Waals surface area contributed by atoms with Crippen molar-refractivity contribution in [2.75, 3.05) is 20.2 Å². The number of rotatable bonds is 7. The van der Waals surface area contributed by atoms with Crippen LogP contribution in [0.1, 0.15) is 61.9 Å². The number of hydrogen-bond donors (Lipinski definition) is 0. The van der Waals surface area contributed by atoms with Gasteiger partial charge < -0.3 is 14.2 Å². The van der Waals surface area contributed by atoms with E-state index in [2.05, 4.69) is 0 Å². The lowest BCUT2D eigenvalue weighted by Crippen LogP contribution is -2.36. The summed E-state index contributed by atoms with van der Waals surface area (Å²) in [6.45, 7) is 7.23. The molecule has 2 rings (SSSR count). The fraction of sp³-hybridized carbons (Fsp3) is 0.409. The molecule has 0 aliphatic carbocycles. The van der Waals surface area contributed by atoms with E-state index in [1.165, 1.54) is 12.0 Å². The standard InChI is InChI=1S/C22H25F3N2O4/c1-6-26(20(29)15-8-10-16(11-9-15)22(23,24)25)12-17(28)18-13(3)19(21(30)31-5)27(7-2)14(18)4/h8-11H,6-7,12H2,1-5H3. The molecule has 0 saturated heterocycles. The zero-order valence-electron chi connectivity index (χ0n) is 18.1.